The van der Waals surface area contributed by atoms with Crippen molar-refractivity contribution in [3.8, 4) is 0 Å². The molecule has 2 aliphatic rings. The lowest BCUT2D eigenvalue weighted by atomic mass is 10.2. The first-order chi connectivity index (χ1) is 10.2. The third kappa shape index (κ3) is 3.27. The maximum Gasteiger partial charge on any atom is 0.230 e. The van der Waals surface area contributed by atoms with Crippen molar-refractivity contribution in [1.29, 1.82) is 0 Å². The molecule has 0 amide bonds. The van der Waals surface area contributed by atoms with Crippen LogP contribution in [0.25, 0.3) is 0 Å². The molecular formula is C15H26N4O2. The Kier molecular flexibility index (Phi) is 4.57. The predicted molar refractivity (Wildman–Crippen MR) is 78.7 cm³/mol. The zero-order valence-corrected chi connectivity index (χ0v) is 13.0. The van der Waals surface area contributed by atoms with E-state index in [1.165, 1.54) is 25.7 Å². The van der Waals surface area contributed by atoms with Crippen LogP contribution in [0.3, 0.4) is 0 Å². The Morgan fingerprint density at radius 3 is 2.67 bits per heavy atom. The first kappa shape index (κ1) is 14.9. The second kappa shape index (κ2) is 6.42. The monoisotopic (exact) mass is 294 g/mol. The number of hydrogen-bond acceptors (Lipinski definition) is 6. The Balaban J connectivity index is 1.63. The fourth-order valence-electron chi connectivity index (χ4n) is 3.76. The Bertz CT molecular complexity index is 458. The van der Waals surface area contributed by atoms with E-state index in [2.05, 4.69) is 26.9 Å². The van der Waals surface area contributed by atoms with Gasteiger partial charge in [-0.25, -0.2) is 0 Å². The molecule has 1 unspecified atom stereocenters. The Labute approximate surface area is 126 Å². The van der Waals surface area contributed by atoms with E-state index in [9.17, 15) is 5.11 Å². The van der Waals surface area contributed by atoms with Crippen molar-refractivity contribution in [1.82, 2.24) is 20.0 Å². The number of rotatable bonds is 5. The topological polar surface area (TPSA) is 65.6 Å². The molecule has 2 fully saturated rings. The van der Waals surface area contributed by atoms with Crippen LogP contribution in [0.1, 0.15) is 44.4 Å². The summed E-state index contributed by atoms with van der Waals surface area (Å²) in [4.78, 5) is 4.73. The molecule has 1 aliphatic heterocycles. The number of nitrogens with zero attached hydrogens (tertiary/aromatic N) is 4. The van der Waals surface area contributed by atoms with Crippen molar-refractivity contribution in [3.63, 3.8) is 0 Å². The van der Waals surface area contributed by atoms with Crippen LogP contribution >= 0.6 is 0 Å². The summed E-state index contributed by atoms with van der Waals surface area (Å²) in [7, 11) is 0. The van der Waals surface area contributed by atoms with Gasteiger partial charge in [-0.05, 0) is 19.4 Å². The van der Waals surface area contributed by atoms with Crippen LogP contribution < -0.4 is 0 Å². The van der Waals surface area contributed by atoms with Crippen molar-refractivity contribution in [2.24, 2.45) is 0 Å². The highest BCUT2D eigenvalue weighted by Crippen LogP contribution is 2.28. The van der Waals surface area contributed by atoms with Gasteiger partial charge in [0, 0.05) is 26.1 Å². The van der Waals surface area contributed by atoms with Gasteiger partial charge in [0.15, 0.2) is 0 Å². The highest BCUT2D eigenvalue weighted by atomic mass is 16.4. The van der Waals surface area contributed by atoms with Crippen molar-refractivity contribution in [3.05, 3.63) is 11.8 Å². The normalized spacial score (nSPS) is 28.0. The van der Waals surface area contributed by atoms with Crippen LogP contribution in [0.15, 0.2) is 4.42 Å². The molecular weight excluding hydrogens is 268 g/mol. The number of aromatic nitrogens is 2. The van der Waals surface area contributed by atoms with Crippen LogP contribution in [0, 0.1) is 6.92 Å². The van der Waals surface area contributed by atoms with Gasteiger partial charge < -0.3 is 9.52 Å². The van der Waals surface area contributed by atoms with E-state index in [-0.39, 0.29) is 12.1 Å². The summed E-state index contributed by atoms with van der Waals surface area (Å²) in [6.45, 7) is 7.17. The van der Waals surface area contributed by atoms with Gasteiger partial charge in [0.25, 0.3) is 0 Å². The van der Waals surface area contributed by atoms with Crippen LogP contribution in [-0.4, -0.2) is 62.9 Å². The van der Waals surface area contributed by atoms with Crippen LogP contribution in [0.5, 0.6) is 0 Å². The Morgan fingerprint density at radius 2 is 2.05 bits per heavy atom. The third-order valence-corrected chi connectivity index (χ3v) is 4.91. The average Bonchev–Trinajstić information content (AvgIpc) is 3.17. The van der Waals surface area contributed by atoms with Gasteiger partial charge in [0.2, 0.25) is 11.8 Å². The lowest BCUT2D eigenvalue weighted by Gasteiger charge is -2.29. The standard InChI is InChI=1S/C15H26N4O2/c1-3-18(10-15-17-16-11(2)21-15)13-8-19(9-14(13)20)12-6-4-5-7-12/h12-14,20H,3-10H2,1-2H3/t13?,14-/m1/s1. The highest BCUT2D eigenvalue weighted by Gasteiger charge is 2.38. The lowest BCUT2D eigenvalue weighted by molar-refractivity contribution is 0.0759. The highest BCUT2D eigenvalue weighted by molar-refractivity contribution is 4.95. The molecule has 118 valence electrons. The molecule has 2 atom stereocenters. The third-order valence-electron chi connectivity index (χ3n) is 4.91. The van der Waals surface area contributed by atoms with Crippen molar-refractivity contribution >= 4 is 0 Å². The van der Waals surface area contributed by atoms with Gasteiger partial charge in [-0.1, -0.05) is 19.8 Å². The van der Waals surface area contributed by atoms with Crippen molar-refractivity contribution in [2.75, 3.05) is 19.6 Å². The number of likely N-dealkylation sites (tertiary alicyclic amines) is 1. The van der Waals surface area contributed by atoms with E-state index >= 15 is 0 Å². The van der Waals surface area contributed by atoms with E-state index in [1.807, 2.05) is 0 Å². The number of aliphatic hydroxyl groups is 1. The fraction of sp³-hybridized carbons (Fsp3) is 0.867. The summed E-state index contributed by atoms with van der Waals surface area (Å²) in [5.74, 6) is 1.24. The van der Waals surface area contributed by atoms with E-state index < -0.39 is 0 Å². The number of aryl methyl sites for hydroxylation is 1. The largest absolute Gasteiger partial charge is 0.424 e. The zero-order chi connectivity index (χ0) is 14.8. The van der Waals surface area contributed by atoms with Crippen molar-refractivity contribution < 1.29 is 9.52 Å². The zero-order valence-electron chi connectivity index (χ0n) is 13.0. The summed E-state index contributed by atoms with van der Waals surface area (Å²) >= 11 is 0. The smallest absolute Gasteiger partial charge is 0.230 e. The molecule has 1 saturated heterocycles. The molecule has 1 aromatic rings. The average molecular weight is 294 g/mol. The summed E-state index contributed by atoms with van der Waals surface area (Å²) in [5.41, 5.74) is 0. The van der Waals surface area contributed by atoms with E-state index in [0.29, 0.717) is 24.4 Å². The molecule has 6 heteroatoms. The molecule has 0 aromatic carbocycles. The number of hydrogen-bond donors (Lipinski definition) is 1. The molecule has 1 aliphatic carbocycles. The molecule has 0 bridgehead atoms. The molecule has 0 spiro atoms. The quantitative estimate of drug-likeness (QED) is 0.880. The SMILES string of the molecule is CCN(Cc1nnc(C)o1)C1CN(C2CCCC2)C[C@H]1O. The molecule has 3 rings (SSSR count). The molecule has 2 heterocycles. The minimum absolute atomic E-state index is 0.169. The van der Waals surface area contributed by atoms with E-state index in [1.54, 1.807) is 6.92 Å². The first-order valence-electron chi connectivity index (χ1n) is 8.12. The van der Waals surface area contributed by atoms with Gasteiger partial charge in [-0.2, -0.15) is 0 Å². The van der Waals surface area contributed by atoms with Gasteiger partial charge in [-0.3, -0.25) is 9.80 Å². The van der Waals surface area contributed by atoms with E-state index in [0.717, 1.165) is 19.6 Å². The maximum absolute atomic E-state index is 10.5. The lowest BCUT2D eigenvalue weighted by Crippen LogP contribution is -2.43. The summed E-state index contributed by atoms with van der Waals surface area (Å²) < 4.78 is 5.48. The Hall–Kier alpha value is -0.980. The molecule has 6 nitrogen and oxygen atoms in total. The molecule has 0 radical (unpaired) electrons. The van der Waals surface area contributed by atoms with Crippen molar-refractivity contribution in [2.45, 2.75) is 64.3 Å². The summed E-state index contributed by atoms with van der Waals surface area (Å²) in [6.07, 6.45) is 4.96. The predicted octanol–water partition coefficient (Wildman–Crippen LogP) is 1.19. The van der Waals surface area contributed by atoms with Gasteiger partial charge in [-0.15, -0.1) is 10.2 Å². The fourth-order valence-corrected chi connectivity index (χ4v) is 3.76. The number of likely N-dealkylation sites (N-methyl/N-ethyl adjacent to an activating group) is 1. The Morgan fingerprint density at radius 1 is 1.29 bits per heavy atom. The summed E-state index contributed by atoms with van der Waals surface area (Å²) in [6, 6.07) is 0.844. The van der Waals surface area contributed by atoms with Gasteiger partial charge >= 0.3 is 0 Å². The molecule has 21 heavy (non-hydrogen) atoms. The minimum Gasteiger partial charge on any atom is -0.424 e. The molecule has 1 N–H and O–H groups in total. The second-order valence-corrected chi connectivity index (χ2v) is 6.30. The van der Waals surface area contributed by atoms with Crippen LogP contribution in [-0.2, 0) is 6.54 Å². The minimum atomic E-state index is -0.283. The maximum atomic E-state index is 10.5. The number of aliphatic hydroxyl groups excluding tert-OH is 1. The van der Waals surface area contributed by atoms with Crippen LogP contribution in [0.4, 0.5) is 0 Å². The molecule has 1 aromatic heterocycles. The van der Waals surface area contributed by atoms with Gasteiger partial charge in [0.1, 0.15) is 0 Å². The van der Waals surface area contributed by atoms with E-state index in [4.69, 9.17) is 4.42 Å². The van der Waals surface area contributed by atoms with Gasteiger partial charge in [0.05, 0.1) is 18.7 Å². The van der Waals surface area contributed by atoms with Crippen LogP contribution in [0.2, 0.25) is 0 Å². The summed E-state index contributed by atoms with van der Waals surface area (Å²) in [5, 5.41) is 18.4. The molecule has 1 saturated carbocycles. The second-order valence-electron chi connectivity index (χ2n) is 6.30. The first-order valence-corrected chi connectivity index (χ1v) is 8.12. The number of β-amino-alcohol motifs (C(OH)–C–C–N with tert-alkyl or cyclic N) is 1.